The zero-order valence-electron chi connectivity index (χ0n) is 13.0. The number of benzene rings is 1. The molecule has 0 bridgehead atoms. The summed E-state index contributed by atoms with van der Waals surface area (Å²) in [5.74, 6) is 1.58. The second kappa shape index (κ2) is 7.74. The van der Waals surface area contributed by atoms with Gasteiger partial charge in [0.1, 0.15) is 12.4 Å². The van der Waals surface area contributed by atoms with Gasteiger partial charge in [-0.15, -0.1) is 0 Å². The Morgan fingerprint density at radius 3 is 2.33 bits per heavy atom. The lowest BCUT2D eigenvalue weighted by atomic mass is 10.1. The Bertz CT molecular complexity index is 546. The first-order valence-electron chi connectivity index (χ1n) is 7.42. The van der Waals surface area contributed by atoms with Gasteiger partial charge in [0, 0.05) is 11.4 Å². The molecule has 4 heteroatoms. The minimum Gasteiger partial charge on any atom is -0.486 e. The molecule has 1 aromatic heterocycles. The highest BCUT2D eigenvalue weighted by Crippen LogP contribution is 2.13. The van der Waals surface area contributed by atoms with Crippen molar-refractivity contribution in [3.05, 3.63) is 53.1 Å². The van der Waals surface area contributed by atoms with E-state index in [0.29, 0.717) is 6.61 Å². The second-order valence-electron chi connectivity index (χ2n) is 4.99. The maximum atomic E-state index is 5.70. The number of likely N-dealkylation sites (N-methyl/N-ethyl adjacent to an activating group) is 1. The first-order valence-corrected chi connectivity index (χ1v) is 7.42. The molecule has 0 aliphatic heterocycles. The average Bonchev–Trinajstić information content (AvgIpc) is 2.49. The van der Waals surface area contributed by atoms with Crippen LogP contribution in [0.4, 0.5) is 0 Å². The van der Waals surface area contributed by atoms with Gasteiger partial charge >= 0.3 is 0 Å². The van der Waals surface area contributed by atoms with Crippen LogP contribution in [-0.4, -0.2) is 23.1 Å². The van der Waals surface area contributed by atoms with Crippen molar-refractivity contribution in [3.8, 4) is 5.75 Å². The molecule has 0 unspecified atom stereocenters. The smallest absolute Gasteiger partial charge is 0.166 e. The average molecular weight is 285 g/mol. The van der Waals surface area contributed by atoms with Gasteiger partial charge in [-0.2, -0.15) is 0 Å². The van der Waals surface area contributed by atoms with Crippen LogP contribution in [0.25, 0.3) is 0 Å². The van der Waals surface area contributed by atoms with Gasteiger partial charge in [0.05, 0.1) is 0 Å². The highest BCUT2D eigenvalue weighted by molar-refractivity contribution is 5.25. The Morgan fingerprint density at radius 1 is 1.05 bits per heavy atom. The highest BCUT2D eigenvalue weighted by atomic mass is 16.5. The number of ether oxygens (including phenoxy) is 1. The van der Waals surface area contributed by atoms with Crippen LogP contribution in [0.3, 0.4) is 0 Å². The van der Waals surface area contributed by atoms with Crippen LogP contribution in [0.2, 0.25) is 0 Å². The van der Waals surface area contributed by atoms with Crippen molar-refractivity contribution in [2.24, 2.45) is 0 Å². The van der Waals surface area contributed by atoms with E-state index < -0.39 is 0 Å². The summed E-state index contributed by atoms with van der Waals surface area (Å²) in [7, 11) is 0. The van der Waals surface area contributed by atoms with Crippen molar-refractivity contribution in [1.29, 1.82) is 0 Å². The molecular formula is C17H23N3O. The summed E-state index contributed by atoms with van der Waals surface area (Å²) in [6.45, 7) is 8.55. The van der Waals surface area contributed by atoms with Crippen molar-refractivity contribution in [1.82, 2.24) is 15.3 Å². The van der Waals surface area contributed by atoms with Gasteiger partial charge < -0.3 is 10.1 Å². The summed E-state index contributed by atoms with van der Waals surface area (Å²) < 4.78 is 5.70. The molecule has 2 rings (SSSR count). The number of nitrogens with zero attached hydrogens (tertiary/aromatic N) is 2. The SMILES string of the molecule is CCNCCc1c(C)nc(COc2ccccc2)nc1C. The second-order valence-corrected chi connectivity index (χ2v) is 4.99. The van der Waals surface area contributed by atoms with Crippen molar-refractivity contribution < 1.29 is 4.74 Å². The lowest BCUT2D eigenvalue weighted by Crippen LogP contribution is -2.18. The third-order valence-corrected chi connectivity index (χ3v) is 3.38. The van der Waals surface area contributed by atoms with Crippen molar-refractivity contribution in [3.63, 3.8) is 0 Å². The number of para-hydroxylation sites is 1. The number of aromatic nitrogens is 2. The van der Waals surface area contributed by atoms with E-state index in [1.54, 1.807) is 0 Å². The van der Waals surface area contributed by atoms with E-state index in [1.807, 2.05) is 44.2 Å². The molecule has 0 saturated heterocycles. The maximum Gasteiger partial charge on any atom is 0.166 e. The number of nitrogens with one attached hydrogen (secondary N) is 1. The molecular weight excluding hydrogens is 262 g/mol. The lowest BCUT2D eigenvalue weighted by Gasteiger charge is -2.12. The van der Waals surface area contributed by atoms with Crippen LogP contribution in [0.1, 0.15) is 29.7 Å². The number of aryl methyl sites for hydroxylation is 2. The molecule has 0 saturated carbocycles. The van der Waals surface area contributed by atoms with Crippen LogP contribution in [0, 0.1) is 13.8 Å². The lowest BCUT2D eigenvalue weighted by molar-refractivity contribution is 0.295. The summed E-state index contributed by atoms with van der Waals surface area (Å²) in [4.78, 5) is 9.13. The zero-order chi connectivity index (χ0) is 15.1. The maximum absolute atomic E-state index is 5.70. The first-order chi connectivity index (χ1) is 10.2. The van der Waals surface area contributed by atoms with Gasteiger partial charge in [0.25, 0.3) is 0 Å². The molecule has 4 nitrogen and oxygen atoms in total. The monoisotopic (exact) mass is 285 g/mol. The van der Waals surface area contributed by atoms with Crippen molar-refractivity contribution in [2.75, 3.05) is 13.1 Å². The Kier molecular flexibility index (Phi) is 5.69. The molecule has 1 N–H and O–H groups in total. The Morgan fingerprint density at radius 2 is 1.71 bits per heavy atom. The van der Waals surface area contributed by atoms with E-state index in [0.717, 1.165) is 42.5 Å². The van der Waals surface area contributed by atoms with Crippen LogP contribution < -0.4 is 10.1 Å². The predicted octanol–water partition coefficient (Wildman–Crippen LogP) is 2.82. The van der Waals surface area contributed by atoms with E-state index in [9.17, 15) is 0 Å². The van der Waals surface area contributed by atoms with Crippen LogP contribution >= 0.6 is 0 Å². The van der Waals surface area contributed by atoms with E-state index in [1.165, 1.54) is 5.56 Å². The fourth-order valence-corrected chi connectivity index (χ4v) is 2.29. The van der Waals surface area contributed by atoms with Gasteiger partial charge in [0.15, 0.2) is 5.82 Å². The summed E-state index contributed by atoms with van der Waals surface area (Å²) in [6, 6.07) is 9.75. The number of hydrogen-bond donors (Lipinski definition) is 1. The molecule has 0 fully saturated rings. The topological polar surface area (TPSA) is 47.0 Å². The fraction of sp³-hybridized carbons (Fsp3) is 0.412. The molecule has 0 aliphatic carbocycles. The normalized spacial score (nSPS) is 10.6. The van der Waals surface area contributed by atoms with Gasteiger partial charge in [-0.25, -0.2) is 9.97 Å². The molecule has 0 radical (unpaired) electrons. The predicted molar refractivity (Wildman–Crippen MR) is 84.5 cm³/mol. The third-order valence-electron chi connectivity index (χ3n) is 3.38. The van der Waals surface area contributed by atoms with Gasteiger partial charge in [-0.1, -0.05) is 25.1 Å². The van der Waals surface area contributed by atoms with Crippen molar-refractivity contribution >= 4 is 0 Å². The molecule has 21 heavy (non-hydrogen) atoms. The summed E-state index contributed by atoms with van der Waals surface area (Å²) in [5.41, 5.74) is 3.33. The van der Waals surface area contributed by atoms with Gasteiger partial charge in [-0.3, -0.25) is 0 Å². The molecule has 0 atom stereocenters. The summed E-state index contributed by atoms with van der Waals surface area (Å²) in [6.07, 6.45) is 0.964. The highest BCUT2D eigenvalue weighted by Gasteiger charge is 2.08. The van der Waals surface area contributed by atoms with Crippen LogP contribution in [0.15, 0.2) is 30.3 Å². The molecule has 2 aromatic rings. The molecule has 112 valence electrons. The summed E-state index contributed by atoms with van der Waals surface area (Å²) in [5, 5.41) is 3.33. The van der Waals surface area contributed by atoms with Crippen LogP contribution in [-0.2, 0) is 13.0 Å². The quantitative estimate of drug-likeness (QED) is 0.795. The Labute approximate surface area is 126 Å². The summed E-state index contributed by atoms with van der Waals surface area (Å²) >= 11 is 0. The first kappa shape index (κ1) is 15.4. The molecule has 0 aliphatic rings. The van der Waals surface area contributed by atoms with Gasteiger partial charge in [-0.05, 0) is 51.1 Å². The molecule has 0 spiro atoms. The van der Waals surface area contributed by atoms with E-state index in [-0.39, 0.29) is 0 Å². The minimum absolute atomic E-state index is 0.402. The Hall–Kier alpha value is -1.94. The zero-order valence-corrected chi connectivity index (χ0v) is 13.0. The van der Waals surface area contributed by atoms with E-state index >= 15 is 0 Å². The standard InChI is InChI=1S/C17H23N3O/c1-4-18-11-10-16-13(2)19-17(20-14(16)3)12-21-15-8-6-5-7-9-15/h5-9,18H,4,10-12H2,1-3H3. The molecule has 1 aromatic carbocycles. The van der Waals surface area contributed by atoms with E-state index in [4.69, 9.17) is 4.74 Å². The minimum atomic E-state index is 0.402. The largest absolute Gasteiger partial charge is 0.486 e. The van der Waals surface area contributed by atoms with Crippen molar-refractivity contribution in [2.45, 2.75) is 33.8 Å². The number of hydrogen-bond acceptors (Lipinski definition) is 4. The molecule has 0 amide bonds. The Balaban J connectivity index is 2.01. The number of rotatable bonds is 7. The van der Waals surface area contributed by atoms with Crippen LogP contribution in [0.5, 0.6) is 5.75 Å². The van der Waals surface area contributed by atoms with Gasteiger partial charge in [0.2, 0.25) is 0 Å². The fourth-order valence-electron chi connectivity index (χ4n) is 2.29. The van der Waals surface area contributed by atoms with E-state index in [2.05, 4.69) is 22.2 Å². The molecule has 1 heterocycles. The third kappa shape index (κ3) is 4.53.